The van der Waals surface area contributed by atoms with E-state index in [4.69, 9.17) is 38.5 Å². The standard InChI is InChI=1S/C21H23Cl2N5O4/c1-11(2)17(24)20(30)32-8-7-25-21-26-10-12-9-13(16-14(22)5-4-6-15(16)23)19(29)28(31-3)18(12)27-21/h4-6,9-11,17H,7-8,24H2,1-3H3,(H,25,26,27). The van der Waals surface area contributed by atoms with Gasteiger partial charge in [0.1, 0.15) is 19.8 Å². The number of benzene rings is 1. The molecule has 0 aliphatic rings. The quantitative estimate of drug-likeness (QED) is 0.373. The maximum Gasteiger partial charge on any atom is 0.323 e. The molecule has 1 atom stereocenters. The number of hydrogen-bond donors (Lipinski definition) is 2. The highest BCUT2D eigenvalue weighted by atomic mass is 35.5. The number of aromatic nitrogens is 3. The molecular weight excluding hydrogens is 457 g/mol. The molecule has 2 heterocycles. The molecule has 2 aromatic heterocycles. The number of rotatable bonds is 8. The number of esters is 1. The van der Waals surface area contributed by atoms with Gasteiger partial charge in [-0.3, -0.25) is 9.59 Å². The molecule has 1 aromatic carbocycles. The third kappa shape index (κ3) is 4.95. The third-order valence-corrected chi connectivity index (χ3v) is 5.37. The lowest BCUT2D eigenvalue weighted by molar-refractivity contribution is -0.145. The molecule has 0 bridgehead atoms. The summed E-state index contributed by atoms with van der Waals surface area (Å²) >= 11 is 12.6. The Hall–Kier alpha value is -2.88. The Morgan fingerprint density at radius 3 is 2.59 bits per heavy atom. The van der Waals surface area contributed by atoms with Crippen LogP contribution < -0.4 is 21.4 Å². The van der Waals surface area contributed by atoms with Crippen molar-refractivity contribution in [1.82, 2.24) is 14.7 Å². The van der Waals surface area contributed by atoms with Crippen molar-refractivity contribution in [1.29, 1.82) is 0 Å². The zero-order valence-electron chi connectivity index (χ0n) is 17.8. The van der Waals surface area contributed by atoms with Gasteiger partial charge in [0, 0.05) is 17.1 Å². The van der Waals surface area contributed by atoms with E-state index in [1.165, 1.54) is 13.3 Å². The van der Waals surface area contributed by atoms with Crippen LogP contribution >= 0.6 is 23.2 Å². The predicted molar refractivity (Wildman–Crippen MR) is 124 cm³/mol. The summed E-state index contributed by atoms with van der Waals surface area (Å²) in [4.78, 5) is 38.7. The fraction of sp³-hybridized carbons (Fsp3) is 0.333. The van der Waals surface area contributed by atoms with E-state index in [2.05, 4.69) is 15.3 Å². The number of nitrogens with zero attached hydrogens (tertiary/aromatic N) is 3. The van der Waals surface area contributed by atoms with Crippen LogP contribution in [-0.2, 0) is 9.53 Å². The van der Waals surface area contributed by atoms with Crippen LogP contribution in [0.3, 0.4) is 0 Å². The lowest BCUT2D eigenvalue weighted by atomic mass is 10.1. The summed E-state index contributed by atoms with van der Waals surface area (Å²) in [5.41, 5.74) is 6.18. The molecule has 0 fully saturated rings. The summed E-state index contributed by atoms with van der Waals surface area (Å²) in [6.45, 7) is 4.02. The number of ether oxygens (including phenoxy) is 1. The highest BCUT2D eigenvalue weighted by molar-refractivity contribution is 6.39. The summed E-state index contributed by atoms with van der Waals surface area (Å²) in [6, 6.07) is 5.92. The summed E-state index contributed by atoms with van der Waals surface area (Å²) in [5, 5.41) is 4.15. The summed E-state index contributed by atoms with van der Waals surface area (Å²) < 4.78 is 6.18. The second-order valence-corrected chi connectivity index (χ2v) is 8.09. The van der Waals surface area contributed by atoms with Gasteiger partial charge < -0.3 is 20.6 Å². The Labute approximate surface area is 194 Å². The Morgan fingerprint density at radius 2 is 1.97 bits per heavy atom. The van der Waals surface area contributed by atoms with Crippen LogP contribution in [0.1, 0.15) is 13.8 Å². The number of nitrogens with one attached hydrogen (secondary N) is 1. The van der Waals surface area contributed by atoms with Crippen LogP contribution in [0.4, 0.5) is 5.95 Å². The maximum atomic E-state index is 13.1. The summed E-state index contributed by atoms with van der Waals surface area (Å²) in [7, 11) is 1.35. The van der Waals surface area contributed by atoms with Crippen LogP contribution in [0.25, 0.3) is 22.2 Å². The van der Waals surface area contributed by atoms with Gasteiger partial charge in [-0.25, -0.2) is 4.98 Å². The topological polar surface area (TPSA) is 121 Å². The number of carbonyl (C=O) groups excluding carboxylic acids is 1. The number of hydrogen-bond acceptors (Lipinski definition) is 8. The van der Waals surface area contributed by atoms with Gasteiger partial charge >= 0.3 is 5.97 Å². The molecule has 9 nitrogen and oxygen atoms in total. The first-order valence-electron chi connectivity index (χ1n) is 9.82. The zero-order chi connectivity index (χ0) is 23.4. The third-order valence-electron chi connectivity index (χ3n) is 4.74. The number of anilines is 1. The van der Waals surface area contributed by atoms with Gasteiger partial charge in [0.05, 0.1) is 22.2 Å². The maximum absolute atomic E-state index is 13.1. The average Bonchev–Trinajstić information content (AvgIpc) is 2.76. The fourth-order valence-electron chi connectivity index (χ4n) is 2.94. The molecule has 0 radical (unpaired) electrons. The van der Waals surface area contributed by atoms with E-state index in [0.29, 0.717) is 21.0 Å². The van der Waals surface area contributed by atoms with E-state index in [9.17, 15) is 9.59 Å². The Morgan fingerprint density at radius 1 is 1.28 bits per heavy atom. The minimum Gasteiger partial charge on any atom is -0.463 e. The molecule has 0 spiro atoms. The minimum atomic E-state index is -0.677. The largest absolute Gasteiger partial charge is 0.463 e. The van der Waals surface area contributed by atoms with Gasteiger partial charge in [0.25, 0.3) is 5.56 Å². The molecule has 0 saturated carbocycles. The van der Waals surface area contributed by atoms with Gasteiger partial charge in [0.2, 0.25) is 5.95 Å². The van der Waals surface area contributed by atoms with Crippen molar-refractivity contribution in [3.05, 3.63) is 50.9 Å². The van der Waals surface area contributed by atoms with Gasteiger partial charge in [-0.2, -0.15) is 4.98 Å². The van der Waals surface area contributed by atoms with Gasteiger partial charge in [-0.15, -0.1) is 4.73 Å². The van der Waals surface area contributed by atoms with Crippen molar-refractivity contribution in [2.45, 2.75) is 19.9 Å². The Balaban J connectivity index is 1.85. The molecule has 0 amide bonds. The average molecular weight is 480 g/mol. The van der Waals surface area contributed by atoms with E-state index in [1.54, 1.807) is 24.3 Å². The van der Waals surface area contributed by atoms with E-state index >= 15 is 0 Å². The Kier molecular flexibility index (Phi) is 7.55. The van der Waals surface area contributed by atoms with E-state index in [1.807, 2.05) is 13.8 Å². The van der Waals surface area contributed by atoms with Crippen molar-refractivity contribution >= 4 is 46.2 Å². The van der Waals surface area contributed by atoms with Crippen molar-refractivity contribution in [3.63, 3.8) is 0 Å². The van der Waals surface area contributed by atoms with Crippen molar-refractivity contribution < 1.29 is 14.4 Å². The highest BCUT2D eigenvalue weighted by Gasteiger charge is 2.19. The first kappa shape index (κ1) is 23.8. The molecule has 3 rings (SSSR count). The van der Waals surface area contributed by atoms with Crippen LogP contribution in [0.15, 0.2) is 35.3 Å². The van der Waals surface area contributed by atoms with Gasteiger partial charge in [0.15, 0.2) is 5.65 Å². The van der Waals surface area contributed by atoms with Crippen LogP contribution in [0.2, 0.25) is 10.0 Å². The Bertz CT molecular complexity index is 1180. The first-order valence-corrected chi connectivity index (χ1v) is 10.6. The molecule has 0 aliphatic heterocycles. The molecule has 3 aromatic rings. The molecule has 1 unspecified atom stereocenters. The normalized spacial score (nSPS) is 12.1. The predicted octanol–water partition coefficient (Wildman–Crippen LogP) is 2.76. The minimum absolute atomic E-state index is 0.0180. The lowest BCUT2D eigenvalue weighted by Crippen LogP contribution is -2.37. The van der Waals surface area contributed by atoms with E-state index < -0.39 is 17.6 Å². The second-order valence-electron chi connectivity index (χ2n) is 7.27. The molecule has 32 heavy (non-hydrogen) atoms. The molecule has 170 valence electrons. The van der Waals surface area contributed by atoms with Crippen LogP contribution in [-0.4, -0.2) is 47.0 Å². The van der Waals surface area contributed by atoms with Crippen LogP contribution in [0, 0.1) is 5.92 Å². The van der Waals surface area contributed by atoms with Gasteiger partial charge in [-0.05, 0) is 24.1 Å². The number of carbonyl (C=O) groups is 1. The molecular formula is C21H23Cl2N5O4. The fourth-order valence-corrected chi connectivity index (χ4v) is 3.54. The SMILES string of the molecule is COn1c(=O)c(-c2c(Cl)cccc2Cl)cc2cnc(NCCOC(=O)C(N)C(C)C)nc21. The first-order chi connectivity index (χ1) is 15.2. The molecule has 0 aliphatic carbocycles. The summed E-state index contributed by atoms with van der Waals surface area (Å²) in [6.07, 6.45) is 1.54. The second kappa shape index (κ2) is 10.2. The smallest absolute Gasteiger partial charge is 0.323 e. The van der Waals surface area contributed by atoms with E-state index in [0.717, 1.165) is 4.73 Å². The zero-order valence-corrected chi connectivity index (χ0v) is 19.3. The summed E-state index contributed by atoms with van der Waals surface area (Å²) in [5.74, 6) is -0.258. The van der Waals surface area contributed by atoms with Gasteiger partial charge in [-0.1, -0.05) is 43.1 Å². The number of fused-ring (bicyclic) bond motifs is 1. The number of pyridine rings is 1. The van der Waals surface area contributed by atoms with Crippen molar-refractivity contribution in [3.8, 4) is 11.1 Å². The molecule has 3 N–H and O–H groups in total. The van der Waals surface area contributed by atoms with Crippen LogP contribution in [0.5, 0.6) is 0 Å². The van der Waals surface area contributed by atoms with Crippen molar-refractivity contribution in [2.24, 2.45) is 11.7 Å². The monoisotopic (exact) mass is 479 g/mol. The number of halogens is 2. The number of nitrogens with two attached hydrogens (primary N) is 1. The highest BCUT2D eigenvalue weighted by Crippen LogP contribution is 2.33. The van der Waals surface area contributed by atoms with E-state index in [-0.39, 0.29) is 36.2 Å². The molecule has 0 saturated heterocycles. The molecule has 11 heteroatoms. The van der Waals surface area contributed by atoms with Crippen molar-refractivity contribution in [2.75, 3.05) is 25.6 Å². The lowest BCUT2D eigenvalue weighted by Gasteiger charge is -2.15.